The summed E-state index contributed by atoms with van der Waals surface area (Å²) < 4.78 is 27.1. The molecule has 90 valence electrons. The van der Waals surface area contributed by atoms with Crippen LogP contribution in [-0.4, -0.2) is 56.3 Å². The van der Waals surface area contributed by atoms with Crippen molar-refractivity contribution in [1.29, 1.82) is 0 Å². The molecular weight excluding hydrogens is 214 g/mol. The normalized spacial score (nSPS) is 24.7. The number of nitrogens with zero attached hydrogens (tertiary/aromatic N) is 2. The van der Waals surface area contributed by atoms with Gasteiger partial charge in [0.25, 0.3) is 10.2 Å². The van der Waals surface area contributed by atoms with Gasteiger partial charge in [0.15, 0.2) is 0 Å². The molecule has 6 heteroatoms. The van der Waals surface area contributed by atoms with E-state index in [-0.39, 0.29) is 6.04 Å². The van der Waals surface area contributed by atoms with Gasteiger partial charge in [-0.2, -0.15) is 17.0 Å². The van der Waals surface area contributed by atoms with E-state index < -0.39 is 10.2 Å². The van der Waals surface area contributed by atoms with Crippen molar-refractivity contribution in [3.05, 3.63) is 0 Å². The van der Waals surface area contributed by atoms with E-state index in [1.807, 2.05) is 13.8 Å². The number of piperazine rings is 1. The van der Waals surface area contributed by atoms with Crippen LogP contribution in [0.15, 0.2) is 0 Å². The highest BCUT2D eigenvalue weighted by molar-refractivity contribution is 7.86. The van der Waals surface area contributed by atoms with Crippen LogP contribution in [0.2, 0.25) is 0 Å². The first-order valence-corrected chi connectivity index (χ1v) is 6.83. The summed E-state index contributed by atoms with van der Waals surface area (Å²) in [5, 5.41) is 3.23. The van der Waals surface area contributed by atoms with Gasteiger partial charge in [-0.05, 0) is 13.3 Å². The molecule has 1 atom stereocenters. The summed E-state index contributed by atoms with van der Waals surface area (Å²) in [6, 6.07) is 0.239. The quantitative estimate of drug-likeness (QED) is 0.738. The van der Waals surface area contributed by atoms with Crippen LogP contribution < -0.4 is 5.32 Å². The van der Waals surface area contributed by atoms with Gasteiger partial charge in [0.1, 0.15) is 0 Å². The molecule has 0 aromatic carbocycles. The van der Waals surface area contributed by atoms with Crippen molar-refractivity contribution in [2.45, 2.75) is 26.3 Å². The number of rotatable bonds is 4. The molecule has 0 aromatic heterocycles. The second-order valence-electron chi connectivity index (χ2n) is 4.04. The predicted octanol–water partition coefficient (Wildman–Crippen LogP) is -0.133. The Bertz CT molecular complexity index is 292. The van der Waals surface area contributed by atoms with Gasteiger partial charge >= 0.3 is 0 Å². The Morgan fingerprint density at radius 3 is 2.73 bits per heavy atom. The van der Waals surface area contributed by atoms with Crippen LogP contribution in [0.3, 0.4) is 0 Å². The lowest BCUT2D eigenvalue weighted by molar-refractivity contribution is 0.288. The summed E-state index contributed by atoms with van der Waals surface area (Å²) in [6.45, 7) is 6.44. The first-order valence-electron chi connectivity index (χ1n) is 5.43. The van der Waals surface area contributed by atoms with E-state index in [0.717, 1.165) is 13.0 Å². The minimum Gasteiger partial charge on any atom is -0.312 e. The molecule has 1 heterocycles. The molecule has 0 radical (unpaired) electrons. The van der Waals surface area contributed by atoms with Gasteiger partial charge in [0.05, 0.1) is 0 Å². The molecule has 1 aliphatic heterocycles. The molecular formula is C9H21N3O2S. The van der Waals surface area contributed by atoms with Gasteiger partial charge in [-0.3, -0.25) is 0 Å². The number of hydrogen-bond donors (Lipinski definition) is 1. The van der Waals surface area contributed by atoms with Gasteiger partial charge in [-0.1, -0.05) is 6.92 Å². The van der Waals surface area contributed by atoms with Gasteiger partial charge in [0, 0.05) is 39.3 Å². The third-order valence-electron chi connectivity index (χ3n) is 2.59. The summed E-state index contributed by atoms with van der Waals surface area (Å²) in [4.78, 5) is 0. The highest BCUT2D eigenvalue weighted by Gasteiger charge is 2.29. The van der Waals surface area contributed by atoms with Crippen LogP contribution in [0.4, 0.5) is 0 Å². The molecule has 0 aromatic rings. The zero-order valence-corrected chi connectivity index (χ0v) is 10.5. The molecule has 1 saturated heterocycles. The molecule has 1 fully saturated rings. The number of nitrogens with one attached hydrogen (secondary N) is 1. The Balaban J connectivity index is 2.67. The molecule has 1 N–H and O–H groups in total. The fourth-order valence-corrected chi connectivity index (χ4v) is 3.28. The summed E-state index contributed by atoms with van der Waals surface area (Å²) in [5.74, 6) is 0. The van der Waals surface area contributed by atoms with E-state index in [9.17, 15) is 8.42 Å². The van der Waals surface area contributed by atoms with Crippen molar-refractivity contribution in [1.82, 2.24) is 13.9 Å². The number of hydrogen-bond acceptors (Lipinski definition) is 3. The van der Waals surface area contributed by atoms with Crippen molar-refractivity contribution < 1.29 is 8.42 Å². The predicted molar refractivity (Wildman–Crippen MR) is 60.9 cm³/mol. The minimum absolute atomic E-state index is 0.239. The fourth-order valence-electron chi connectivity index (χ4n) is 1.73. The largest absolute Gasteiger partial charge is 0.312 e. The van der Waals surface area contributed by atoms with E-state index in [1.165, 1.54) is 4.31 Å². The van der Waals surface area contributed by atoms with E-state index in [4.69, 9.17) is 0 Å². The summed E-state index contributed by atoms with van der Waals surface area (Å²) in [7, 11) is -1.59. The monoisotopic (exact) mass is 235 g/mol. The van der Waals surface area contributed by atoms with Crippen LogP contribution in [0.25, 0.3) is 0 Å². The van der Waals surface area contributed by atoms with E-state index in [2.05, 4.69) is 5.32 Å². The molecule has 0 aliphatic carbocycles. The molecule has 5 nitrogen and oxygen atoms in total. The standard InChI is InChI=1S/C9H21N3O2S/c1-4-6-11(3)15(13,14)12-7-5-10-9(2)8-12/h9-10H,4-8H2,1-3H3. The lowest BCUT2D eigenvalue weighted by atomic mass is 10.3. The Kier molecular flexibility index (Phi) is 4.51. The van der Waals surface area contributed by atoms with Crippen LogP contribution in [0.5, 0.6) is 0 Å². The topological polar surface area (TPSA) is 52.7 Å². The van der Waals surface area contributed by atoms with Crippen molar-refractivity contribution in [3.63, 3.8) is 0 Å². The maximum atomic E-state index is 12.0. The molecule has 1 rings (SSSR count). The van der Waals surface area contributed by atoms with Crippen molar-refractivity contribution in [2.75, 3.05) is 33.2 Å². The third-order valence-corrected chi connectivity index (χ3v) is 4.54. The van der Waals surface area contributed by atoms with Crippen LogP contribution in [0, 0.1) is 0 Å². The molecule has 0 saturated carbocycles. The van der Waals surface area contributed by atoms with E-state index in [0.29, 0.717) is 19.6 Å². The second kappa shape index (κ2) is 5.25. The first kappa shape index (κ1) is 12.9. The SMILES string of the molecule is CCCN(C)S(=O)(=O)N1CCNC(C)C1. The maximum Gasteiger partial charge on any atom is 0.281 e. The Morgan fingerprint density at radius 2 is 2.20 bits per heavy atom. The molecule has 15 heavy (non-hydrogen) atoms. The van der Waals surface area contributed by atoms with E-state index >= 15 is 0 Å². The Hall–Kier alpha value is -0.170. The zero-order chi connectivity index (χ0) is 11.5. The fraction of sp³-hybridized carbons (Fsp3) is 1.00. The van der Waals surface area contributed by atoms with Crippen molar-refractivity contribution in [3.8, 4) is 0 Å². The second-order valence-corrected chi connectivity index (χ2v) is 6.08. The smallest absolute Gasteiger partial charge is 0.281 e. The van der Waals surface area contributed by atoms with E-state index in [1.54, 1.807) is 11.4 Å². The average Bonchev–Trinajstić information content (AvgIpc) is 2.18. The maximum absolute atomic E-state index is 12.0. The molecule has 0 bridgehead atoms. The Labute approximate surface area is 92.6 Å². The van der Waals surface area contributed by atoms with Crippen molar-refractivity contribution in [2.24, 2.45) is 0 Å². The third kappa shape index (κ3) is 3.14. The van der Waals surface area contributed by atoms with Gasteiger partial charge in [0.2, 0.25) is 0 Å². The lowest BCUT2D eigenvalue weighted by Gasteiger charge is -2.33. The summed E-state index contributed by atoms with van der Waals surface area (Å²) >= 11 is 0. The van der Waals surface area contributed by atoms with Crippen molar-refractivity contribution >= 4 is 10.2 Å². The highest BCUT2D eigenvalue weighted by Crippen LogP contribution is 2.09. The van der Waals surface area contributed by atoms with Gasteiger partial charge in [-0.15, -0.1) is 0 Å². The average molecular weight is 235 g/mol. The van der Waals surface area contributed by atoms with Crippen LogP contribution in [0.1, 0.15) is 20.3 Å². The summed E-state index contributed by atoms with van der Waals surface area (Å²) in [5.41, 5.74) is 0. The molecule has 0 amide bonds. The minimum atomic E-state index is -3.23. The van der Waals surface area contributed by atoms with Gasteiger partial charge in [-0.25, -0.2) is 0 Å². The van der Waals surface area contributed by atoms with Crippen LogP contribution in [-0.2, 0) is 10.2 Å². The zero-order valence-electron chi connectivity index (χ0n) is 9.73. The highest BCUT2D eigenvalue weighted by atomic mass is 32.2. The summed E-state index contributed by atoms with van der Waals surface area (Å²) in [6.07, 6.45) is 0.845. The Morgan fingerprint density at radius 1 is 1.53 bits per heavy atom. The van der Waals surface area contributed by atoms with Crippen LogP contribution >= 0.6 is 0 Å². The molecule has 1 unspecified atom stereocenters. The lowest BCUT2D eigenvalue weighted by Crippen LogP contribution is -2.54. The molecule has 0 spiro atoms. The molecule has 1 aliphatic rings. The van der Waals surface area contributed by atoms with Gasteiger partial charge < -0.3 is 5.32 Å². The first-order chi connectivity index (χ1) is 6.98.